The van der Waals surface area contributed by atoms with Crippen LogP contribution in [0.3, 0.4) is 0 Å². The topological polar surface area (TPSA) is 72.0 Å². The molecular weight excluding hydrogens is 347 g/mol. The Morgan fingerprint density at radius 2 is 2.00 bits per heavy atom. The molecule has 0 spiro atoms. The average Bonchev–Trinajstić information content (AvgIpc) is 2.85. The van der Waals surface area contributed by atoms with Crippen LogP contribution in [0, 0.1) is 0 Å². The van der Waals surface area contributed by atoms with E-state index in [0.29, 0.717) is 11.5 Å². The van der Waals surface area contributed by atoms with Crippen molar-refractivity contribution in [2.24, 2.45) is 0 Å². The molecule has 0 aliphatic carbocycles. The fraction of sp³-hybridized carbons (Fsp3) is 0.143. The Bertz CT molecular complexity index is 694. The highest BCUT2D eigenvalue weighted by atomic mass is 35.5. The third kappa shape index (κ3) is 3.35. The maximum atomic E-state index is 12.2. The minimum absolute atomic E-state index is 0.124. The second-order valence-electron chi connectivity index (χ2n) is 3.08. The van der Waals surface area contributed by atoms with Crippen LogP contribution in [-0.2, 0) is 16.2 Å². The number of hydrogen-bond acceptors (Lipinski definition) is 6. The minimum Gasteiger partial charge on any atom is -0.253 e. The van der Waals surface area contributed by atoms with Crippen LogP contribution >= 0.6 is 34.5 Å². The van der Waals surface area contributed by atoms with Crippen molar-refractivity contribution in [3.8, 4) is 0 Å². The van der Waals surface area contributed by atoms with Crippen LogP contribution in [0.1, 0.15) is 5.82 Å². The summed E-state index contributed by atoms with van der Waals surface area (Å²) in [6, 6.07) is 2.60. The highest BCUT2D eigenvalue weighted by molar-refractivity contribution is 7.94. The van der Waals surface area contributed by atoms with Crippen LogP contribution in [0.2, 0.25) is 4.34 Å². The first-order valence-electron chi connectivity index (χ1n) is 4.37. The molecule has 0 aromatic carbocycles. The van der Waals surface area contributed by atoms with E-state index < -0.39 is 27.2 Å². The molecule has 5 nitrogen and oxygen atoms in total. The Labute approximate surface area is 118 Å². The Morgan fingerprint density at radius 1 is 1.32 bits per heavy atom. The normalized spacial score (nSPS) is 12.6. The molecule has 2 aromatic rings. The zero-order chi connectivity index (χ0) is 14.3. The highest BCUT2D eigenvalue weighted by Crippen LogP contribution is 2.31. The fourth-order valence-corrected chi connectivity index (χ4v) is 4.28. The number of alkyl halides is 3. The molecule has 2 rings (SSSR count). The standard InChI is InChI=1S/C7H3ClF3N3O2S3/c8-3-1-2-4(17-3)19(15,16)14-6-12-5(13-18-6)7(9,10)11/h1-2H,(H,12,13,14). The van der Waals surface area contributed by atoms with E-state index in [0.717, 1.165) is 11.3 Å². The average molecular weight is 350 g/mol. The number of thiophene rings is 1. The third-order valence-corrected chi connectivity index (χ3v) is 5.54. The summed E-state index contributed by atoms with van der Waals surface area (Å²) in [4.78, 5) is 3.06. The van der Waals surface area contributed by atoms with Crippen molar-refractivity contribution in [2.75, 3.05) is 4.72 Å². The molecule has 0 aliphatic heterocycles. The van der Waals surface area contributed by atoms with Gasteiger partial charge >= 0.3 is 6.18 Å². The monoisotopic (exact) mass is 349 g/mol. The van der Waals surface area contributed by atoms with Gasteiger partial charge in [-0.2, -0.15) is 22.5 Å². The van der Waals surface area contributed by atoms with Gasteiger partial charge in [0.25, 0.3) is 10.0 Å². The summed E-state index contributed by atoms with van der Waals surface area (Å²) in [7, 11) is -4.00. The van der Waals surface area contributed by atoms with Crippen LogP contribution in [0.4, 0.5) is 18.3 Å². The van der Waals surface area contributed by atoms with Crippen molar-refractivity contribution in [3.63, 3.8) is 0 Å². The SMILES string of the molecule is O=S(=O)(Nc1nc(C(F)(F)F)ns1)c1ccc(Cl)s1. The van der Waals surface area contributed by atoms with Crippen LogP contribution in [0.25, 0.3) is 0 Å². The molecule has 2 heterocycles. The number of rotatable bonds is 3. The van der Waals surface area contributed by atoms with E-state index in [1.54, 1.807) is 0 Å². The van der Waals surface area contributed by atoms with Gasteiger partial charge < -0.3 is 0 Å². The van der Waals surface area contributed by atoms with Gasteiger partial charge in [-0.05, 0) is 12.1 Å². The van der Waals surface area contributed by atoms with Crippen molar-refractivity contribution in [1.82, 2.24) is 9.36 Å². The Balaban J connectivity index is 2.24. The first-order chi connectivity index (χ1) is 8.68. The molecule has 19 heavy (non-hydrogen) atoms. The Morgan fingerprint density at radius 3 is 2.47 bits per heavy atom. The fourth-order valence-electron chi connectivity index (χ4n) is 0.987. The van der Waals surface area contributed by atoms with Gasteiger partial charge in [0.05, 0.1) is 4.34 Å². The maximum absolute atomic E-state index is 12.2. The number of aromatic nitrogens is 2. The summed E-state index contributed by atoms with van der Waals surface area (Å²) < 4.78 is 65.3. The van der Waals surface area contributed by atoms with Crippen molar-refractivity contribution in [3.05, 3.63) is 22.3 Å². The second-order valence-corrected chi connectivity index (χ2v) is 7.46. The molecule has 0 amide bonds. The lowest BCUT2D eigenvalue weighted by Gasteiger charge is -2.01. The largest absolute Gasteiger partial charge is 0.452 e. The number of nitrogens with zero attached hydrogens (tertiary/aromatic N) is 2. The van der Waals surface area contributed by atoms with E-state index in [4.69, 9.17) is 11.6 Å². The zero-order valence-corrected chi connectivity index (χ0v) is 11.8. The van der Waals surface area contributed by atoms with E-state index in [9.17, 15) is 21.6 Å². The van der Waals surface area contributed by atoms with Crippen molar-refractivity contribution >= 4 is 49.6 Å². The van der Waals surface area contributed by atoms with Crippen LogP contribution in [0.15, 0.2) is 16.3 Å². The van der Waals surface area contributed by atoms with Gasteiger partial charge in [-0.1, -0.05) is 11.6 Å². The van der Waals surface area contributed by atoms with Crippen LogP contribution in [0.5, 0.6) is 0 Å². The quantitative estimate of drug-likeness (QED) is 0.924. The van der Waals surface area contributed by atoms with E-state index in [1.165, 1.54) is 12.1 Å². The lowest BCUT2D eigenvalue weighted by atomic mass is 10.6. The van der Waals surface area contributed by atoms with Gasteiger partial charge in [0.1, 0.15) is 4.21 Å². The number of anilines is 1. The lowest BCUT2D eigenvalue weighted by Crippen LogP contribution is -2.12. The van der Waals surface area contributed by atoms with Gasteiger partial charge in [0.15, 0.2) is 0 Å². The van der Waals surface area contributed by atoms with Gasteiger partial charge in [-0.25, -0.2) is 8.42 Å². The molecule has 104 valence electrons. The van der Waals surface area contributed by atoms with Gasteiger partial charge in [-0.3, -0.25) is 4.72 Å². The molecule has 0 aliphatic rings. The molecule has 0 saturated heterocycles. The molecule has 1 N–H and O–H groups in total. The molecule has 0 saturated carbocycles. The first kappa shape index (κ1) is 14.5. The lowest BCUT2D eigenvalue weighted by molar-refractivity contribution is -0.144. The minimum atomic E-state index is -4.72. The Kier molecular flexibility index (Phi) is 3.73. The van der Waals surface area contributed by atoms with E-state index in [2.05, 4.69) is 9.36 Å². The van der Waals surface area contributed by atoms with Gasteiger partial charge in [0.2, 0.25) is 11.0 Å². The molecule has 0 atom stereocenters. The molecule has 0 radical (unpaired) electrons. The molecule has 0 fully saturated rings. The first-order valence-corrected chi connectivity index (χ1v) is 7.82. The summed E-state index contributed by atoms with van der Waals surface area (Å²) in [5, 5.41) is -0.461. The number of hydrogen-bond donors (Lipinski definition) is 1. The van der Waals surface area contributed by atoms with Crippen molar-refractivity contribution in [1.29, 1.82) is 0 Å². The van der Waals surface area contributed by atoms with E-state index in [1.807, 2.05) is 4.72 Å². The van der Waals surface area contributed by atoms with Crippen LogP contribution < -0.4 is 4.72 Å². The molecule has 12 heteroatoms. The van der Waals surface area contributed by atoms with Crippen molar-refractivity contribution < 1.29 is 21.6 Å². The van der Waals surface area contributed by atoms with Crippen LogP contribution in [-0.4, -0.2) is 17.8 Å². The molecule has 0 unspecified atom stereocenters. The smallest absolute Gasteiger partial charge is 0.253 e. The van der Waals surface area contributed by atoms with E-state index in [-0.39, 0.29) is 8.55 Å². The molecule has 0 bridgehead atoms. The molecular formula is C7H3ClF3N3O2S3. The Hall–Kier alpha value is -0.910. The van der Waals surface area contributed by atoms with E-state index >= 15 is 0 Å². The number of sulfonamides is 1. The van der Waals surface area contributed by atoms with Gasteiger partial charge in [-0.15, -0.1) is 11.3 Å². The number of nitrogens with one attached hydrogen (secondary N) is 1. The third-order valence-electron chi connectivity index (χ3n) is 1.71. The predicted octanol–water partition coefficient (Wildman–Crippen LogP) is 3.07. The molecule has 2 aromatic heterocycles. The van der Waals surface area contributed by atoms with Crippen molar-refractivity contribution in [2.45, 2.75) is 10.4 Å². The summed E-state index contributed by atoms with van der Waals surface area (Å²) in [5.74, 6) is -1.39. The van der Waals surface area contributed by atoms with Gasteiger partial charge in [0, 0.05) is 11.5 Å². The zero-order valence-electron chi connectivity index (χ0n) is 8.60. The highest BCUT2D eigenvalue weighted by Gasteiger charge is 2.36. The summed E-state index contributed by atoms with van der Waals surface area (Å²) in [6.45, 7) is 0. The summed E-state index contributed by atoms with van der Waals surface area (Å²) >= 11 is 6.67. The summed E-state index contributed by atoms with van der Waals surface area (Å²) in [6.07, 6.45) is -4.72. The summed E-state index contributed by atoms with van der Waals surface area (Å²) in [5.41, 5.74) is 0. The maximum Gasteiger partial charge on any atom is 0.452 e. The second kappa shape index (κ2) is 4.89. The predicted molar refractivity (Wildman–Crippen MR) is 65.0 cm³/mol. The number of halogens is 4.